The molecule has 0 aromatic rings. The number of carboxylic acids is 1. The average Bonchev–Trinajstić information content (AvgIpc) is 2.10. The summed E-state index contributed by atoms with van der Waals surface area (Å²) in [5.74, 6) is -1.73. The van der Waals surface area contributed by atoms with Crippen molar-refractivity contribution in [2.75, 3.05) is 20.3 Å². The number of carbonyl (C=O) groups is 2. The van der Waals surface area contributed by atoms with Gasteiger partial charge in [0.1, 0.15) is 6.61 Å². The van der Waals surface area contributed by atoms with Gasteiger partial charge in [-0.2, -0.15) is 0 Å². The molecule has 94 valence electrons. The summed E-state index contributed by atoms with van der Waals surface area (Å²) >= 11 is 0. The smallest absolute Gasteiger partial charge is 0.308 e. The Balaban J connectivity index is 4.15. The van der Waals surface area contributed by atoms with Gasteiger partial charge in [0, 0.05) is 13.7 Å². The molecule has 1 amide bonds. The Bertz CT molecular complexity index is 245. The molecule has 0 aliphatic heterocycles. The first-order chi connectivity index (χ1) is 7.26. The van der Waals surface area contributed by atoms with Crippen molar-refractivity contribution in [3.63, 3.8) is 0 Å². The highest BCUT2D eigenvalue weighted by Crippen LogP contribution is 2.24. The highest BCUT2D eigenvalue weighted by atomic mass is 16.5. The van der Waals surface area contributed by atoms with Crippen LogP contribution in [0.1, 0.15) is 27.2 Å². The summed E-state index contributed by atoms with van der Waals surface area (Å²) in [5.41, 5.74) is -0.0744. The minimum absolute atomic E-state index is 0.0398. The Morgan fingerprint density at radius 2 is 1.94 bits per heavy atom. The van der Waals surface area contributed by atoms with Crippen LogP contribution in [0.5, 0.6) is 0 Å². The van der Waals surface area contributed by atoms with Gasteiger partial charge in [-0.05, 0) is 11.8 Å². The number of hydrogen-bond donors (Lipinski definition) is 2. The summed E-state index contributed by atoms with van der Waals surface area (Å²) in [6.07, 6.45) is 0.523. The number of nitrogens with one attached hydrogen (secondary N) is 1. The van der Waals surface area contributed by atoms with Crippen LogP contribution in [0.3, 0.4) is 0 Å². The largest absolute Gasteiger partial charge is 0.481 e. The van der Waals surface area contributed by atoms with Crippen LogP contribution in [-0.2, 0) is 14.3 Å². The second-order valence-electron chi connectivity index (χ2n) is 5.04. The zero-order valence-corrected chi connectivity index (χ0v) is 10.4. The average molecular weight is 231 g/mol. The van der Waals surface area contributed by atoms with Gasteiger partial charge < -0.3 is 15.2 Å². The monoisotopic (exact) mass is 231 g/mol. The van der Waals surface area contributed by atoms with E-state index in [9.17, 15) is 9.59 Å². The van der Waals surface area contributed by atoms with E-state index in [0.29, 0.717) is 6.42 Å². The predicted octanol–water partition coefficient (Wildman–Crippen LogP) is 0.886. The summed E-state index contributed by atoms with van der Waals surface area (Å²) in [7, 11) is 1.42. The molecule has 0 aromatic heterocycles. The molecule has 0 fully saturated rings. The molecule has 0 spiro atoms. The molecule has 5 nitrogen and oxygen atoms in total. The number of carboxylic acid groups (broad SMARTS) is 1. The lowest BCUT2D eigenvalue weighted by molar-refractivity contribution is -0.142. The predicted molar refractivity (Wildman–Crippen MR) is 60.1 cm³/mol. The zero-order valence-electron chi connectivity index (χ0n) is 10.4. The van der Waals surface area contributed by atoms with Crippen molar-refractivity contribution in [2.45, 2.75) is 27.2 Å². The fourth-order valence-corrected chi connectivity index (χ4v) is 1.41. The summed E-state index contributed by atoms with van der Waals surface area (Å²) in [4.78, 5) is 22.1. The van der Waals surface area contributed by atoms with Gasteiger partial charge >= 0.3 is 5.97 Å². The normalized spacial score (nSPS) is 13.2. The van der Waals surface area contributed by atoms with E-state index in [4.69, 9.17) is 5.11 Å². The Morgan fingerprint density at radius 3 is 2.31 bits per heavy atom. The Labute approximate surface area is 96.2 Å². The molecule has 1 unspecified atom stereocenters. The van der Waals surface area contributed by atoms with Gasteiger partial charge in [0.05, 0.1) is 5.92 Å². The quantitative estimate of drug-likeness (QED) is 0.711. The lowest BCUT2D eigenvalue weighted by Crippen LogP contribution is -2.36. The second kappa shape index (κ2) is 6.48. The minimum atomic E-state index is -0.882. The maximum absolute atomic E-state index is 11.1. The van der Waals surface area contributed by atoms with Crippen LogP contribution in [0.25, 0.3) is 0 Å². The lowest BCUT2D eigenvalue weighted by Gasteiger charge is -2.23. The molecule has 2 N–H and O–H groups in total. The molecule has 1 atom stereocenters. The Morgan fingerprint density at radius 1 is 1.38 bits per heavy atom. The van der Waals surface area contributed by atoms with Gasteiger partial charge in [-0.25, -0.2) is 0 Å². The molecule has 0 aliphatic carbocycles. The van der Waals surface area contributed by atoms with Crippen LogP contribution in [0.2, 0.25) is 0 Å². The molecule has 0 aromatic carbocycles. The summed E-state index contributed by atoms with van der Waals surface area (Å²) in [6, 6.07) is 0. The first-order valence-electron chi connectivity index (χ1n) is 5.24. The van der Waals surface area contributed by atoms with E-state index in [2.05, 4.69) is 10.1 Å². The Kier molecular flexibility index (Phi) is 6.03. The minimum Gasteiger partial charge on any atom is -0.481 e. The number of rotatable bonds is 6. The fourth-order valence-electron chi connectivity index (χ4n) is 1.41. The van der Waals surface area contributed by atoms with Crippen molar-refractivity contribution in [2.24, 2.45) is 11.3 Å². The molecule has 5 heteroatoms. The standard InChI is InChI=1S/C11H21NO4/c1-11(2,3)5-8(10(14)15)6-12-9(13)7-16-4/h8H,5-7H2,1-4H3,(H,12,13)(H,14,15). The highest BCUT2D eigenvalue weighted by Gasteiger charge is 2.24. The lowest BCUT2D eigenvalue weighted by atomic mass is 9.84. The van der Waals surface area contributed by atoms with Gasteiger partial charge in [-0.1, -0.05) is 20.8 Å². The number of carbonyl (C=O) groups excluding carboxylic acids is 1. The number of methoxy groups -OCH3 is 1. The number of hydrogen-bond acceptors (Lipinski definition) is 3. The van der Waals surface area contributed by atoms with Gasteiger partial charge in [-0.3, -0.25) is 9.59 Å². The van der Waals surface area contributed by atoms with Crippen molar-refractivity contribution >= 4 is 11.9 Å². The van der Waals surface area contributed by atoms with Crippen LogP contribution >= 0.6 is 0 Å². The van der Waals surface area contributed by atoms with E-state index < -0.39 is 11.9 Å². The first kappa shape index (κ1) is 14.9. The molecule has 0 saturated carbocycles. The van der Waals surface area contributed by atoms with Crippen LogP contribution in [0, 0.1) is 11.3 Å². The van der Waals surface area contributed by atoms with Crippen molar-refractivity contribution in [1.29, 1.82) is 0 Å². The van der Waals surface area contributed by atoms with Gasteiger partial charge in [0.25, 0.3) is 0 Å². The number of ether oxygens (including phenoxy) is 1. The molecule has 0 heterocycles. The highest BCUT2D eigenvalue weighted by molar-refractivity contribution is 5.78. The SMILES string of the molecule is COCC(=O)NCC(CC(C)(C)C)C(=O)O. The van der Waals surface area contributed by atoms with Crippen LogP contribution < -0.4 is 5.32 Å². The molecule has 0 aliphatic rings. The number of amides is 1. The van der Waals surface area contributed by atoms with Gasteiger partial charge in [0.15, 0.2) is 0 Å². The topological polar surface area (TPSA) is 75.6 Å². The maximum Gasteiger partial charge on any atom is 0.308 e. The van der Waals surface area contributed by atoms with Crippen molar-refractivity contribution < 1.29 is 19.4 Å². The summed E-state index contributed by atoms with van der Waals surface area (Å²) < 4.78 is 4.64. The van der Waals surface area contributed by atoms with Crippen molar-refractivity contribution in [3.8, 4) is 0 Å². The van der Waals surface area contributed by atoms with Gasteiger partial charge in [-0.15, -0.1) is 0 Å². The van der Waals surface area contributed by atoms with Crippen molar-refractivity contribution in [1.82, 2.24) is 5.32 Å². The van der Waals surface area contributed by atoms with E-state index in [1.165, 1.54) is 7.11 Å². The van der Waals surface area contributed by atoms with E-state index in [1.54, 1.807) is 0 Å². The molecule has 0 bridgehead atoms. The Hall–Kier alpha value is -1.10. The molecular weight excluding hydrogens is 210 g/mol. The molecule has 0 radical (unpaired) electrons. The fraction of sp³-hybridized carbons (Fsp3) is 0.818. The van der Waals surface area contributed by atoms with Gasteiger partial charge in [0.2, 0.25) is 5.91 Å². The third-order valence-corrected chi connectivity index (χ3v) is 2.03. The molecule has 16 heavy (non-hydrogen) atoms. The summed E-state index contributed by atoms with van der Waals surface area (Å²) in [5, 5.41) is 11.5. The second-order valence-corrected chi connectivity index (χ2v) is 5.04. The van der Waals surface area contributed by atoms with Crippen LogP contribution in [-0.4, -0.2) is 37.2 Å². The molecule has 0 rings (SSSR count). The summed E-state index contributed by atoms with van der Waals surface area (Å²) in [6.45, 7) is 6.02. The van der Waals surface area contributed by atoms with E-state index in [-0.39, 0.29) is 24.5 Å². The van der Waals surface area contributed by atoms with E-state index >= 15 is 0 Å². The van der Waals surface area contributed by atoms with E-state index in [1.807, 2.05) is 20.8 Å². The van der Waals surface area contributed by atoms with Crippen LogP contribution in [0.15, 0.2) is 0 Å². The zero-order chi connectivity index (χ0) is 12.8. The first-order valence-corrected chi connectivity index (χ1v) is 5.24. The molecule has 0 saturated heterocycles. The van der Waals surface area contributed by atoms with Crippen molar-refractivity contribution in [3.05, 3.63) is 0 Å². The maximum atomic E-state index is 11.1. The number of aliphatic carboxylic acids is 1. The van der Waals surface area contributed by atoms with Crippen LogP contribution in [0.4, 0.5) is 0 Å². The molecular formula is C11H21NO4. The third-order valence-electron chi connectivity index (χ3n) is 2.03. The van der Waals surface area contributed by atoms with E-state index in [0.717, 1.165) is 0 Å². The third kappa shape index (κ3) is 7.23.